The lowest BCUT2D eigenvalue weighted by Crippen LogP contribution is -2.05. The molecule has 4 rings (SSSR count). The molecule has 4 heterocycles. The molecule has 0 aliphatic rings. The molecule has 0 amide bonds. The van der Waals surface area contributed by atoms with Crippen molar-refractivity contribution in [1.82, 2.24) is 24.1 Å². The Labute approximate surface area is 164 Å². The molecule has 4 aromatic heterocycles. The van der Waals surface area contributed by atoms with Crippen LogP contribution in [0.15, 0.2) is 49.1 Å². The van der Waals surface area contributed by atoms with Crippen molar-refractivity contribution in [2.75, 3.05) is 0 Å². The van der Waals surface area contributed by atoms with Crippen molar-refractivity contribution < 1.29 is 0 Å². The summed E-state index contributed by atoms with van der Waals surface area (Å²) in [7, 11) is 0. The zero-order valence-corrected chi connectivity index (χ0v) is 16.3. The fraction of sp³-hybridized carbons (Fsp3) is 0.273. The number of imidazole rings is 1. The van der Waals surface area contributed by atoms with Gasteiger partial charge in [0.15, 0.2) is 0 Å². The molecule has 6 heteroatoms. The topological polar surface area (TPSA) is 71.8 Å². The molecule has 0 fully saturated rings. The van der Waals surface area contributed by atoms with Gasteiger partial charge in [-0.3, -0.25) is 9.67 Å². The number of rotatable bonds is 5. The number of aryl methyl sites for hydroxylation is 2. The van der Waals surface area contributed by atoms with Gasteiger partial charge in [-0.15, -0.1) is 0 Å². The van der Waals surface area contributed by atoms with Crippen molar-refractivity contribution in [1.29, 1.82) is 5.26 Å². The van der Waals surface area contributed by atoms with E-state index in [1.807, 2.05) is 48.0 Å². The zero-order chi connectivity index (χ0) is 19.7. The third-order valence-corrected chi connectivity index (χ3v) is 4.86. The van der Waals surface area contributed by atoms with Crippen molar-refractivity contribution in [2.24, 2.45) is 5.92 Å². The molecule has 6 nitrogen and oxygen atoms in total. The Morgan fingerprint density at radius 1 is 1.14 bits per heavy atom. The van der Waals surface area contributed by atoms with Crippen LogP contribution >= 0.6 is 0 Å². The minimum absolute atomic E-state index is 0.553. The van der Waals surface area contributed by atoms with Gasteiger partial charge >= 0.3 is 0 Å². The summed E-state index contributed by atoms with van der Waals surface area (Å²) in [6.07, 6.45) is 8.42. The second-order valence-corrected chi connectivity index (χ2v) is 7.38. The Hall–Kier alpha value is -3.46. The number of pyridine rings is 2. The van der Waals surface area contributed by atoms with E-state index in [0.717, 1.165) is 46.7 Å². The smallest absolute Gasteiger partial charge is 0.146 e. The molecule has 0 bridgehead atoms. The summed E-state index contributed by atoms with van der Waals surface area (Å²) in [5.74, 6) is 0.553. The normalized spacial score (nSPS) is 11.2. The summed E-state index contributed by atoms with van der Waals surface area (Å²) in [5.41, 5.74) is 5.90. The van der Waals surface area contributed by atoms with Crippen molar-refractivity contribution in [3.63, 3.8) is 0 Å². The molecule has 0 unspecified atom stereocenters. The van der Waals surface area contributed by atoms with Gasteiger partial charge in [-0.1, -0.05) is 19.9 Å². The fourth-order valence-corrected chi connectivity index (χ4v) is 3.30. The largest absolute Gasteiger partial charge is 0.307 e. The molecule has 0 aromatic carbocycles. The Bertz CT molecular complexity index is 1180. The summed E-state index contributed by atoms with van der Waals surface area (Å²) in [6.45, 7) is 7.04. The van der Waals surface area contributed by atoms with Crippen LogP contribution in [0.4, 0.5) is 0 Å². The van der Waals surface area contributed by atoms with Crippen LogP contribution in [0.3, 0.4) is 0 Å². The molecule has 28 heavy (non-hydrogen) atoms. The average molecular weight is 370 g/mol. The highest BCUT2D eigenvalue weighted by Crippen LogP contribution is 2.33. The van der Waals surface area contributed by atoms with Crippen LogP contribution in [-0.2, 0) is 6.54 Å². The standard InChI is InChI=1S/C22H22N6/c1-15(2)6-10-28-20(13-23)19(14-25-28)18-5-4-16(3)26-22(18)17-7-9-27-11-8-24-21(27)12-17/h4-5,7-9,11-12,14-15H,6,10H2,1-3H3. The lowest BCUT2D eigenvalue weighted by molar-refractivity contribution is 0.484. The third kappa shape index (κ3) is 3.27. The van der Waals surface area contributed by atoms with E-state index in [1.54, 1.807) is 17.1 Å². The van der Waals surface area contributed by atoms with Gasteiger partial charge < -0.3 is 4.40 Å². The summed E-state index contributed by atoms with van der Waals surface area (Å²) < 4.78 is 3.76. The SMILES string of the molecule is Cc1ccc(-c2cnn(CCC(C)C)c2C#N)c(-c2ccn3ccnc3c2)n1. The van der Waals surface area contributed by atoms with E-state index in [2.05, 4.69) is 30.0 Å². The summed E-state index contributed by atoms with van der Waals surface area (Å²) in [4.78, 5) is 9.16. The van der Waals surface area contributed by atoms with E-state index in [-0.39, 0.29) is 0 Å². The van der Waals surface area contributed by atoms with Crippen LogP contribution in [-0.4, -0.2) is 24.1 Å². The molecule has 0 spiro atoms. The minimum atomic E-state index is 0.553. The second kappa shape index (κ2) is 7.28. The number of nitrogens with zero attached hydrogens (tertiary/aromatic N) is 6. The van der Waals surface area contributed by atoms with Gasteiger partial charge in [-0.05, 0) is 37.5 Å². The quantitative estimate of drug-likeness (QED) is 0.519. The summed E-state index contributed by atoms with van der Waals surface area (Å²) in [6, 6.07) is 10.4. The van der Waals surface area contributed by atoms with Gasteiger partial charge in [0.05, 0.1) is 11.9 Å². The summed E-state index contributed by atoms with van der Waals surface area (Å²) >= 11 is 0. The number of fused-ring (bicyclic) bond motifs is 1. The molecule has 0 atom stereocenters. The van der Waals surface area contributed by atoms with Crippen LogP contribution in [0.25, 0.3) is 28.0 Å². The molecule has 0 N–H and O–H groups in total. The highest BCUT2D eigenvalue weighted by Gasteiger charge is 2.18. The third-order valence-electron chi connectivity index (χ3n) is 4.86. The van der Waals surface area contributed by atoms with Gasteiger partial charge in [0.1, 0.15) is 17.4 Å². The number of hydrogen-bond donors (Lipinski definition) is 0. The van der Waals surface area contributed by atoms with Gasteiger partial charge in [0.2, 0.25) is 0 Å². The Balaban J connectivity index is 1.84. The van der Waals surface area contributed by atoms with Crippen LogP contribution in [0.5, 0.6) is 0 Å². The lowest BCUT2D eigenvalue weighted by atomic mass is 9.99. The lowest BCUT2D eigenvalue weighted by Gasteiger charge is -2.10. The van der Waals surface area contributed by atoms with Crippen LogP contribution in [0.1, 0.15) is 31.7 Å². The van der Waals surface area contributed by atoms with E-state index in [9.17, 15) is 5.26 Å². The molecular weight excluding hydrogens is 348 g/mol. The van der Waals surface area contributed by atoms with E-state index in [1.165, 1.54) is 0 Å². The first-order valence-corrected chi connectivity index (χ1v) is 9.44. The predicted octanol–water partition coefficient (Wildman–Crippen LogP) is 4.49. The van der Waals surface area contributed by atoms with Crippen LogP contribution < -0.4 is 0 Å². The van der Waals surface area contributed by atoms with E-state index < -0.39 is 0 Å². The van der Waals surface area contributed by atoms with Crippen molar-refractivity contribution in [3.05, 3.63) is 60.4 Å². The summed E-state index contributed by atoms with van der Waals surface area (Å²) in [5, 5.41) is 14.3. The number of aromatic nitrogens is 5. The van der Waals surface area contributed by atoms with Gasteiger partial charge in [-0.25, -0.2) is 4.98 Å². The Morgan fingerprint density at radius 2 is 2.00 bits per heavy atom. The molecule has 0 aliphatic carbocycles. The highest BCUT2D eigenvalue weighted by atomic mass is 15.3. The number of hydrogen-bond acceptors (Lipinski definition) is 4. The monoisotopic (exact) mass is 370 g/mol. The Morgan fingerprint density at radius 3 is 2.79 bits per heavy atom. The second-order valence-electron chi connectivity index (χ2n) is 7.38. The minimum Gasteiger partial charge on any atom is -0.307 e. The maximum Gasteiger partial charge on any atom is 0.146 e. The molecule has 140 valence electrons. The van der Waals surface area contributed by atoms with Crippen molar-refractivity contribution in [2.45, 2.75) is 33.7 Å². The maximum atomic E-state index is 9.80. The van der Waals surface area contributed by atoms with Crippen molar-refractivity contribution >= 4 is 5.65 Å². The molecule has 4 aromatic rings. The van der Waals surface area contributed by atoms with Gasteiger partial charge in [0.25, 0.3) is 0 Å². The van der Waals surface area contributed by atoms with Gasteiger partial charge in [-0.2, -0.15) is 10.4 Å². The molecular formula is C22H22N6. The average Bonchev–Trinajstić information content (AvgIpc) is 3.32. The zero-order valence-electron chi connectivity index (χ0n) is 16.3. The first kappa shape index (κ1) is 17.9. The molecule has 0 aliphatic heterocycles. The predicted molar refractivity (Wildman–Crippen MR) is 109 cm³/mol. The Kier molecular flexibility index (Phi) is 4.66. The molecule has 0 saturated heterocycles. The molecule has 0 saturated carbocycles. The number of nitriles is 1. The van der Waals surface area contributed by atoms with Crippen molar-refractivity contribution in [3.8, 4) is 28.5 Å². The van der Waals surface area contributed by atoms with E-state index >= 15 is 0 Å². The fourth-order valence-electron chi connectivity index (χ4n) is 3.30. The molecule has 0 radical (unpaired) electrons. The maximum absolute atomic E-state index is 9.80. The first-order chi connectivity index (χ1) is 13.6. The highest BCUT2D eigenvalue weighted by molar-refractivity contribution is 5.83. The van der Waals surface area contributed by atoms with E-state index in [0.29, 0.717) is 11.6 Å². The van der Waals surface area contributed by atoms with Gasteiger partial charge in [0, 0.05) is 47.5 Å². The van der Waals surface area contributed by atoms with E-state index in [4.69, 9.17) is 4.98 Å². The van der Waals surface area contributed by atoms with Crippen LogP contribution in [0.2, 0.25) is 0 Å². The van der Waals surface area contributed by atoms with Crippen LogP contribution in [0, 0.1) is 24.2 Å². The first-order valence-electron chi connectivity index (χ1n) is 9.44.